The highest BCUT2D eigenvalue weighted by Gasteiger charge is 2.21. The van der Waals surface area contributed by atoms with Gasteiger partial charge in [0.15, 0.2) is 0 Å². The van der Waals surface area contributed by atoms with E-state index < -0.39 is 0 Å². The molecular formula is C21H21BrClN. The van der Waals surface area contributed by atoms with E-state index in [1.165, 1.54) is 27.8 Å². The van der Waals surface area contributed by atoms with Crippen LogP contribution in [0.3, 0.4) is 0 Å². The fraction of sp³-hybridized carbons (Fsp3) is 0.238. The SMILES string of the molecule is CN1CCC(=C2c3ccccc3C=Cc3ccc(Br)cc32)CC1.Cl. The van der Waals surface area contributed by atoms with Crippen LogP contribution in [0.2, 0.25) is 0 Å². The molecule has 1 aliphatic carbocycles. The lowest BCUT2D eigenvalue weighted by molar-refractivity contribution is 0.313. The van der Waals surface area contributed by atoms with Crippen molar-refractivity contribution in [2.75, 3.05) is 20.1 Å². The first-order valence-corrected chi connectivity index (χ1v) is 8.99. The minimum Gasteiger partial charge on any atom is -0.306 e. The number of halogens is 2. The van der Waals surface area contributed by atoms with Gasteiger partial charge in [-0.2, -0.15) is 0 Å². The van der Waals surface area contributed by atoms with Crippen molar-refractivity contribution >= 4 is 46.1 Å². The molecule has 1 aliphatic heterocycles. The van der Waals surface area contributed by atoms with E-state index in [9.17, 15) is 0 Å². The fourth-order valence-electron chi connectivity index (χ4n) is 3.60. The van der Waals surface area contributed by atoms with E-state index in [0.717, 1.165) is 30.4 Å². The van der Waals surface area contributed by atoms with E-state index in [0.29, 0.717) is 0 Å². The predicted molar refractivity (Wildman–Crippen MR) is 110 cm³/mol. The zero-order chi connectivity index (χ0) is 15.8. The Morgan fingerprint density at radius 2 is 1.54 bits per heavy atom. The van der Waals surface area contributed by atoms with Crippen LogP contribution in [0.15, 0.2) is 52.5 Å². The molecule has 2 aromatic carbocycles. The summed E-state index contributed by atoms with van der Waals surface area (Å²) in [5, 5.41) is 0. The summed E-state index contributed by atoms with van der Waals surface area (Å²) in [6.45, 7) is 2.30. The molecule has 0 N–H and O–H groups in total. The zero-order valence-corrected chi connectivity index (χ0v) is 16.2. The van der Waals surface area contributed by atoms with Crippen molar-refractivity contribution in [1.82, 2.24) is 4.90 Å². The van der Waals surface area contributed by atoms with E-state index in [-0.39, 0.29) is 12.4 Å². The second-order valence-corrected chi connectivity index (χ2v) is 7.35. The molecule has 0 unspecified atom stereocenters. The van der Waals surface area contributed by atoms with Gasteiger partial charge in [0.2, 0.25) is 0 Å². The summed E-state index contributed by atoms with van der Waals surface area (Å²) in [5.41, 5.74) is 8.42. The topological polar surface area (TPSA) is 3.24 Å². The van der Waals surface area contributed by atoms with E-state index in [1.54, 1.807) is 5.57 Å². The van der Waals surface area contributed by atoms with Gasteiger partial charge in [-0.25, -0.2) is 0 Å². The van der Waals surface area contributed by atoms with Gasteiger partial charge in [0, 0.05) is 17.6 Å². The summed E-state index contributed by atoms with van der Waals surface area (Å²) in [5.74, 6) is 0. The molecule has 3 heteroatoms. The Bertz CT molecular complexity index is 812. The number of benzene rings is 2. The number of fused-ring (bicyclic) bond motifs is 2. The van der Waals surface area contributed by atoms with E-state index in [2.05, 4.69) is 82.5 Å². The van der Waals surface area contributed by atoms with Gasteiger partial charge in [-0.3, -0.25) is 0 Å². The average molecular weight is 403 g/mol. The van der Waals surface area contributed by atoms with E-state index in [4.69, 9.17) is 0 Å². The highest BCUT2D eigenvalue weighted by atomic mass is 79.9. The molecule has 1 heterocycles. The third-order valence-electron chi connectivity index (χ3n) is 4.90. The molecule has 1 fully saturated rings. The van der Waals surface area contributed by atoms with Crippen LogP contribution in [-0.4, -0.2) is 25.0 Å². The van der Waals surface area contributed by atoms with Gasteiger partial charge in [0.1, 0.15) is 0 Å². The Kier molecular flexibility index (Phi) is 5.29. The molecule has 0 radical (unpaired) electrons. The van der Waals surface area contributed by atoms with Crippen molar-refractivity contribution in [3.63, 3.8) is 0 Å². The number of hydrogen-bond acceptors (Lipinski definition) is 1. The van der Waals surface area contributed by atoms with Gasteiger partial charge < -0.3 is 4.90 Å². The standard InChI is InChI=1S/C21H20BrN.ClH/c1-23-12-10-17(11-13-23)21-19-5-3-2-4-15(19)6-7-16-8-9-18(22)14-20(16)21;/h2-9,14H,10-13H2,1H3;1H. The van der Waals surface area contributed by atoms with Crippen LogP contribution in [0, 0.1) is 0 Å². The summed E-state index contributed by atoms with van der Waals surface area (Å²) in [6.07, 6.45) is 6.83. The molecule has 0 amide bonds. The van der Waals surface area contributed by atoms with Crippen LogP contribution < -0.4 is 0 Å². The highest BCUT2D eigenvalue weighted by molar-refractivity contribution is 9.10. The first-order valence-electron chi connectivity index (χ1n) is 8.20. The van der Waals surface area contributed by atoms with Crippen molar-refractivity contribution in [3.05, 3.63) is 74.8 Å². The highest BCUT2D eigenvalue weighted by Crippen LogP contribution is 2.39. The minimum atomic E-state index is 0. The summed E-state index contributed by atoms with van der Waals surface area (Å²) in [6, 6.07) is 15.4. The molecule has 0 bridgehead atoms. The van der Waals surface area contributed by atoms with Crippen molar-refractivity contribution in [1.29, 1.82) is 0 Å². The van der Waals surface area contributed by atoms with Crippen LogP contribution in [0.25, 0.3) is 17.7 Å². The molecule has 0 spiro atoms. The summed E-state index contributed by atoms with van der Waals surface area (Å²) in [7, 11) is 2.22. The lowest BCUT2D eigenvalue weighted by atomic mass is 9.86. The van der Waals surface area contributed by atoms with Gasteiger partial charge >= 0.3 is 0 Å². The molecule has 0 saturated carbocycles. The fourth-order valence-corrected chi connectivity index (χ4v) is 3.97. The maximum Gasteiger partial charge on any atom is 0.0181 e. The third-order valence-corrected chi connectivity index (χ3v) is 5.39. The first-order chi connectivity index (χ1) is 11.2. The summed E-state index contributed by atoms with van der Waals surface area (Å²) < 4.78 is 1.15. The molecule has 2 aliphatic rings. The Morgan fingerprint density at radius 1 is 0.875 bits per heavy atom. The largest absolute Gasteiger partial charge is 0.306 e. The molecule has 4 rings (SSSR count). The molecule has 1 nitrogen and oxygen atoms in total. The maximum absolute atomic E-state index is 3.66. The molecule has 124 valence electrons. The normalized spacial score (nSPS) is 16.9. The Hall–Kier alpha value is -1.35. The number of likely N-dealkylation sites (tertiary alicyclic amines) is 1. The van der Waals surface area contributed by atoms with Crippen LogP contribution in [-0.2, 0) is 0 Å². The molecule has 0 aromatic heterocycles. The lowest BCUT2D eigenvalue weighted by Crippen LogP contribution is -2.27. The van der Waals surface area contributed by atoms with Gasteiger partial charge in [0.25, 0.3) is 0 Å². The molecule has 0 atom stereocenters. The molecule has 24 heavy (non-hydrogen) atoms. The van der Waals surface area contributed by atoms with Gasteiger partial charge in [-0.05, 0) is 59.8 Å². The van der Waals surface area contributed by atoms with Crippen LogP contribution in [0.4, 0.5) is 0 Å². The Balaban J connectivity index is 0.00000169. The van der Waals surface area contributed by atoms with Crippen molar-refractivity contribution in [2.45, 2.75) is 12.8 Å². The Morgan fingerprint density at radius 3 is 2.29 bits per heavy atom. The van der Waals surface area contributed by atoms with Crippen molar-refractivity contribution < 1.29 is 0 Å². The van der Waals surface area contributed by atoms with Crippen LogP contribution >= 0.6 is 28.3 Å². The molecular weight excluding hydrogens is 382 g/mol. The van der Waals surface area contributed by atoms with Gasteiger partial charge in [-0.15, -0.1) is 12.4 Å². The second kappa shape index (κ2) is 7.26. The maximum atomic E-state index is 3.66. The summed E-state index contributed by atoms with van der Waals surface area (Å²) >= 11 is 3.66. The first kappa shape index (κ1) is 17.5. The van der Waals surface area contributed by atoms with E-state index in [1.807, 2.05) is 0 Å². The van der Waals surface area contributed by atoms with E-state index >= 15 is 0 Å². The molecule has 1 saturated heterocycles. The second-order valence-electron chi connectivity index (χ2n) is 6.43. The van der Waals surface area contributed by atoms with Gasteiger partial charge in [0.05, 0.1) is 0 Å². The smallest absolute Gasteiger partial charge is 0.0181 e. The third kappa shape index (κ3) is 3.23. The summed E-state index contributed by atoms with van der Waals surface area (Å²) in [4.78, 5) is 2.42. The molecule has 2 aromatic rings. The predicted octanol–water partition coefficient (Wildman–Crippen LogP) is 5.88. The minimum absolute atomic E-state index is 0. The van der Waals surface area contributed by atoms with Crippen molar-refractivity contribution in [2.24, 2.45) is 0 Å². The quantitative estimate of drug-likeness (QED) is 0.453. The monoisotopic (exact) mass is 401 g/mol. The number of rotatable bonds is 0. The number of nitrogens with zero attached hydrogens (tertiary/aromatic N) is 1. The van der Waals surface area contributed by atoms with Gasteiger partial charge in [-0.1, -0.05) is 64.0 Å². The van der Waals surface area contributed by atoms with Crippen LogP contribution in [0.1, 0.15) is 35.1 Å². The van der Waals surface area contributed by atoms with Crippen LogP contribution in [0.5, 0.6) is 0 Å². The average Bonchev–Trinajstić information content (AvgIpc) is 2.72. The lowest BCUT2D eigenvalue weighted by Gasteiger charge is -2.27. The number of piperidine rings is 1. The van der Waals surface area contributed by atoms with Crippen molar-refractivity contribution in [3.8, 4) is 0 Å². The zero-order valence-electron chi connectivity index (χ0n) is 13.8. The Labute approximate surface area is 158 Å². The number of hydrogen-bond donors (Lipinski definition) is 0.